The molecular formula is C7H12N2O. The molecule has 0 aliphatic rings. The summed E-state index contributed by atoms with van der Waals surface area (Å²) in [5.41, 5.74) is 6.23. The molecule has 0 amide bonds. The molecule has 0 saturated carbocycles. The molecule has 0 aromatic carbocycles. The standard InChI is InChI=1S/C7H12N2O/c1-2-3-4-6-5-10-7(8)9-6/h5H,2-4H2,1H3,(H2,8,9). The summed E-state index contributed by atoms with van der Waals surface area (Å²) in [7, 11) is 0. The molecule has 0 aliphatic carbocycles. The van der Waals surface area contributed by atoms with Crippen LogP contribution in [0.2, 0.25) is 0 Å². The summed E-state index contributed by atoms with van der Waals surface area (Å²) in [5.74, 6) is 0. The molecule has 10 heavy (non-hydrogen) atoms. The van der Waals surface area contributed by atoms with E-state index in [0.717, 1.165) is 18.5 Å². The Morgan fingerprint density at radius 3 is 3.00 bits per heavy atom. The van der Waals surface area contributed by atoms with Crippen molar-refractivity contribution in [1.29, 1.82) is 0 Å². The van der Waals surface area contributed by atoms with Crippen molar-refractivity contribution in [2.24, 2.45) is 0 Å². The van der Waals surface area contributed by atoms with E-state index in [-0.39, 0.29) is 6.01 Å². The van der Waals surface area contributed by atoms with E-state index >= 15 is 0 Å². The van der Waals surface area contributed by atoms with Crippen LogP contribution in [0.25, 0.3) is 0 Å². The van der Waals surface area contributed by atoms with Crippen molar-refractivity contribution in [2.45, 2.75) is 26.2 Å². The summed E-state index contributed by atoms with van der Waals surface area (Å²) >= 11 is 0. The Labute approximate surface area is 60.2 Å². The zero-order chi connectivity index (χ0) is 7.40. The van der Waals surface area contributed by atoms with Crippen molar-refractivity contribution in [3.8, 4) is 0 Å². The first kappa shape index (κ1) is 7.12. The molecule has 1 rings (SSSR count). The summed E-state index contributed by atoms with van der Waals surface area (Å²) in [4.78, 5) is 3.96. The molecule has 1 aromatic rings. The molecule has 3 heteroatoms. The third kappa shape index (κ3) is 1.76. The van der Waals surface area contributed by atoms with E-state index in [4.69, 9.17) is 10.2 Å². The Morgan fingerprint density at radius 2 is 2.50 bits per heavy atom. The molecule has 1 heterocycles. The second kappa shape index (κ2) is 3.25. The molecule has 56 valence electrons. The van der Waals surface area contributed by atoms with Crippen LogP contribution in [0.1, 0.15) is 25.5 Å². The first-order valence-electron chi connectivity index (χ1n) is 3.53. The monoisotopic (exact) mass is 140 g/mol. The number of oxazole rings is 1. The molecule has 0 aliphatic heterocycles. The van der Waals surface area contributed by atoms with Crippen LogP contribution in [0, 0.1) is 0 Å². The van der Waals surface area contributed by atoms with Gasteiger partial charge in [0.2, 0.25) is 0 Å². The van der Waals surface area contributed by atoms with Gasteiger partial charge in [-0.05, 0) is 12.8 Å². The molecule has 0 radical (unpaired) electrons. The number of rotatable bonds is 3. The van der Waals surface area contributed by atoms with Gasteiger partial charge >= 0.3 is 0 Å². The summed E-state index contributed by atoms with van der Waals surface area (Å²) in [6.45, 7) is 2.14. The number of unbranched alkanes of at least 4 members (excludes halogenated alkanes) is 1. The van der Waals surface area contributed by atoms with Crippen LogP contribution in [0.5, 0.6) is 0 Å². The molecule has 0 spiro atoms. The minimum Gasteiger partial charge on any atom is -0.432 e. The number of aromatic nitrogens is 1. The highest BCUT2D eigenvalue weighted by Crippen LogP contribution is 2.05. The van der Waals surface area contributed by atoms with Crippen molar-refractivity contribution >= 4 is 6.01 Å². The highest BCUT2D eigenvalue weighted by atomic mass is 16.4. The topological polar surface area (TPSA) is 52.0 Å². The second-order valence-corrected chi connectivity index (χ2v) is 2.28. The molecule has 0 atom stereocenters. The number of nitrogens with zero attached hydrogens (tertiary/aromatic N) is 1. The molecule has 2 N–H and O–H groups in total. The Morgan fingerprint density at radius 1 is 1.70 bits per heavy atom. The van der Waals surface area contributed by atoms with Crippen LogP contribution in [-0.4, -0.2) is 4.98 Å². The molecule has 0 unspecified atom stereocenters. The number of hydrogen-bond acceptors (Lipinski definition) is 3. The summed E-state index contributed by atoms with van der Waals surface area (Å²) in [6, 6.07) is 0.270. The lowest BCUT2D eigenvalue weighted by atomic mass is 10.2. The maximum absolute atomic E-state index is 5.27. The first-order valence-corrected chi connectivity index (χ1v) is 3.53. The predicted octanol–water partition coefficient (Wildman–Crippen LogP) is 1.60. The van der Waals surface area contributed by atoms with Gasteiger partial charge in [0, 0.05) is 0 Å². The Bertz CT molecular complexity index is 195. The van der Waals surface area contributed by atoms with Crippen molar-refractivity contribution in [2.75, 3.05) is 5.73 Å². The molecule has 3 nitrogen and oxygen atoms in total. The average molecular weight is 140 g/mol. The maximum atomic E-state index is 5.27. The van der Waals surface area contributed by atoms with E-state index in [1.807, 2.05) is 0 Å². The van der Waals surface area contributed by atoms with Gasteiger partial charge in [-0.25, -0.2) is 0 Å². The highest BCUT2D eigenvalue weighted by Gasteiger charge is 1.97. The van der Waals surface area contributed by atoms with E-state index in [0.29, 0.717) is 0 Å². The smallest absolute Gasteiger partial charge is 0.292 e. The highest BCUT2D eigenvalue weighted by molar-refractivity contribution is 5.12. The Kier molecular flexibility index (Phi) is 2.31. The lowest BCUT2D eigenvalue weighted by molar-refractivity contribution is 0.577. The van der Waals surface area contributed by atoms with Gasteiger partial charge in [-0.15, -0.1) is 0 Å². The van der Waals surface area contributed by atoms with Gasteiger partial charge in [-0.3, -0.25) is 0 Å². The SMILES string of the molecule is CCCCc1coc(N)n1. The van der Waals surface area contributed by atoms with Gasteiger partial charge in [0.1, 0.15) is 6.26 Å². The van der Waals surface area contributed by atoms with E-state index in [9.17, 15) is 0 Å². The largest absolute Gasteiger partial charge is 0.432 e. The summed E-state index contributed by atoms with van der Waals surface area (Å²) in [5, 5.41) is 0. The number of nitrogen functional groups attached to an aromatic ring is 1. The van der Waals surface area contributed by atoms with Gasteiger partial charge in [0.15, 0.2) is 0 Å². The fourth-order valence-electron chi connectivity index (χ4n) is 0.795. The number of nitrogens with two attached hydrogens (primary N) is 1. The lowest BCUT2D eigenvalue weighted by Gasteiger charge is -1.88. The van der Waals surface area contributed by atoms with Crippen LogP contribution < -0.4 is 5.73 Å². The quantitative estimate of drug-likeness (QED) is 0.693. The Hall–Kier alpha value is -0.990. The van der Waals surface area contributed by atoms with E-state index in [1.54, 1.807) is 6.26 Å². The van der Waals surface area contributed by atoms with Crippen LogP contribution in [0.4, 0.5) is 6.01 Å². The second-order valence-electron chi connectivity index (χ2n) is 2.28. The zero-order valence-corrected chi connectivity index (χ0v) is 6.13. The van der Waals surface area contributed by atoms with Gasteiger partial charge < -0.3 is 10.2 Å². The van der Waals surface area contributed by atoms with Crippen LogP contribution in [-0.2, 0) is 6.42 Å². The van der Waals surface area contributed by atoms with Crippen LogP contribution in [0.15, 0.2) is 10.7 Å². The number of hydrogen-bond donors (Lipinski definition) is 1. The normalized spacial score (nSPS) is 10.1. The maximum Gasteiger partial charge on any atom is 0.292 e. The van der Waals surface area contributed by atoms with E-state index < -0.39 is 0 Å². The van der Waals surface area contributed by atoms with Gasteiger partial charge in [0.05, 0.1) is 5.69 Å². The average Bonchev–Trinajstić information content (AvgIpc) is 2.31. The third-order valence-electron chi connectivity index (χ3n) is 1.36. The van der Waals surface area contributed by atoms with Crippen LogP contribution in [0.3, 0.4) is 0 Å². The fourth-order valence-corrected chi connectivity index (χ4v) is 0.795. The summed E-state index contributed by atoms with van der Waals surface area (Å²) < 4.78 is 4.83. The number of anilines is 1. The molecular weight excluding hydrogens is 128 g/mol. The van der Waals surface area contributed by atoms with E-state index in [1.165, 1.54) is 6.42 Å². The predicted molar refractivity (Wildman–Crippen MR) is 39.5 cm³/mol. The van der Waals surface area contributed by atoms with E-state index in [2.05, 4.69) is 11.9 Å². The van der Waals surface area contributed by atoms with Crippen molar-refractivity contribution in [1.82, 2.24) is 4.98 Å². The third-order valence-corrected chi connectivity index (χ3v) is 1.36. The van der Waals surface area contributed by atoms with Crippen molar-refractivity contribution in [3.05, 3.63) is 12.0 Å². The fraction of sp³-hybridized carbons (Fsp3) is 0.571. The molecule has 0 saturated heterocycles. The molecule has 0 fully saturated rings. The first-order chi connectivity index (χ1) is 4.83. The van der Waals surface area contributed by atoms with Gasteiger partial charge in [-0.1, -0.05) is 13.3 Å². The van der Waals surface area contributed by atoms with Gasteiger partial charge in [-0.2, -0.15) is 4.98 Å². The lowest BCUT2D eigenvalue weighted by Crippen LogP contribution is -1.86. The van der Waals surface area contributed by atoms with Crippen molar-refractivity contribution < 1.29 is 4.42 Å². The van der Waals surface area contributed by atoms with Gasteiger partial charge in [0.25, 0.3) is 6.01 Å². The minimum atomic E-state index is 0.270. The van der Waals surface area contributed by atoms with Crippen molar-refractivity contribution in [3.63, 3.8) is 0 Å². The zero-order valence-electron chi connectivity index (χ0n) is 6.13. The molecule has 1 aromatic heterocycles. The van der Waals surface area contributed by atoms with Crippen LogP contribution >= 0.6 is 0 Å². The number of aryl methyl sites for hydroxylation is 1. The summed E-state index contributed by atoms with van der Waals surface area (Å²) in [6.07, 6.45) is 4.90. The minimum absolute atomic E-state index is 0.270. The Balaban J connectivity index is 2.42. The molecule has 0 bridgehead atoms.